The van der Waals surface area contributed by atoms with Crippen LogP contribution < -0.4 is 0 Å². The molecule has 4 fully saturated rings. The maximum Gasteiger partial charge on any atom is 0.0787 e. The third kappa shape index (κ3) is 20.3. The topological polar surface area (TPSA) is 80.9 Å². The summed E-state index contributed by atoms with van der Waals surface area (Å²) in [5, 5.41) is 38.2. The molecule has 0 saturated heterocycles. The van der Waals surface area contributed by atoms with Gasteiger partial charge in [0, 0.05) is 0 Å². The first kappa shape index (κ1) is 47.8. The zero-order valence-electron chi connectivity index (χ0n) is 35.7. The van der Waals surface area contributed by atoms with Gasteiger partial charge in [0.15, 0.2) is 0 Å². The molecule has 0 heterocycles. The van der Waals surface area contributed by atoms with Crippen LogP contribution in [-0.4, -0.2) is 44.8 Å². The van der Waals surface area contributed by atoms with Gasteiger partial charge in [-0.2, -0.15) is 0 Å². The minimum atomic E-state index is -0.303. The quantitative estimate of drug-likeness (QED) is 0.201. The molecule has 4 nitrogen and oxygen atoms in total. The van der Waals surface area contributed by atoms with Crippen LogP contribution in [0, 0.1) is 21.7 Å². The third-order valence-electron chi connectivity index (χ3n) is 9.28. The molecule has 0 amide bonds. The summed E-state index contributed by atoms with van der Waals surface area (Å²) in [6.07, 6.45) is 19.3. The Balaban J connectivity index is 0.000000347. The maximum atomic E-state index is 9.60. The van der Waals surface area contributed by atoms with Crippen LogP contribution in [-0.2, 0) is 0 Å². The van der Waals surface area contributed by atoms with Crippen molar-refractivity contribution in [2.75, 3.05) is 0 Å². The van der Waals surface area contributed by atoms with E-state index in [0.29, 0.717) is 0 Å². The first-order valence-electron chi connectivity index (χ1n) is 19.9. The summed E-state index contributed by atoms with van der Waals surface area (Å²) < 4.78 is 0. The summed E-state index contributed by atoms with van der Waals surface area (Å²) in [6.45, 7) is 42.1. The second-order valence-corrected chi connectivity index (χ2v) is 20.0. The molecule has 4 unspecified atom stereocenters. The monoisotopic (exact) mass is 721 g/mol. The summed E-state index contributed by atoms with van der Waals surface area (Å²) in [4.78, 5) is 0. The van der Waals surface area contributed by atoms with Gasteiger partial charge in [0.1, 0.15) is 0 Å². The summed E-state index contributed by atoms with van der Waals surface area (Å²) >= 11 is 0. The average molecular weight is 721 g/mol. The fraction of sp³-hybridized carbons (Fsp3) is 0.667. The Bertz CT molecular complexity index is 1200. The lowest BCUT2D eigenvalue weighted by atomic mass is 9.83. The van der Waals surface area contributed by atoms with Crippen molar-refractivity contribution >= 4 is 0 Å². The molecule has 4 aliphatic carbocycles. The van der Waals surface area contributed by atoms with E-state index in [4.69, 9.17) is 0 Å². The van der Waals surface area contributed by atoms with Gasteiger partial charge in [0.05, 0.1) is 24.4 Å². The van der Waals surface area contributed by atoms with Gasteiger partial charge >= 0.3 is 0 Å². The van der Waals surface area contributed by atoms with E-state index >= 15 is 0 Å². The van der Waals surface area contributed by atoms with Crippen LogP contribution in [0.3, 0.4) is 0 Å². The molecule has 0 aliphatic heterocycles. The second-order valence-electron chi connectivity index (χ2n) is 20.0. The molecule has 0 aromatic carbocycles. The minimum absolute atomic E-state index is 0.154. The van der Waals surface area contributed by atoms with Gasteiger partial charge in [0.2, 0.25) is 0 Å². The maximum absolute atomic E-state index is 9.60. The summed E-state index contributed by atoms with van der Waals surface area (Å²) in [5.41, 5.74) is 10.1. The van der Waals surface area contributed by atoms with Gasteiger partial charge in [-0.1, -0.05) is 145 Å². The van der Waals surface area contributed by atoms with E-state index in [2.05, 4.69) is 134 Å². The van der Waals surface area contributed by atoms with E-state index < -0.39 is 0 Å². The van der Waals surface area contributed by atoms with Crippen molar-refractivity contribution in [3.05, 3.63) is 95.2 Å². The minimum Gasteiger partial charge on any atom is -0.393 e. The van der Waals surface area contributed by atoms with E-state index in [9.17, 15) is 20.4 Å². The lowest BCUT2D eigenvalue weighted by Gasteiger charge is -2.25. The van der Waals surface area contributed by atoms with Crippen molar-refractivity contribution in [3.8, 4) is 0 Å². The molecule has 4 saturated carbocycles. The molecule has 4 N–H and O–H groups in total. The number of hydrogen-bond donors (Lipinski definition) is 4. The number of rotatable bonds is 0. The van der Waals surface area contributed by atoms with Gasteiger partial charge in [-0.3, -0.25) is 0 Å². The van der Waals surface area contributed by atoms with Crippen LogP contribution in [0.5, 0.6) is 0 Å². The van der Waals surface area contributed by atoms with Gasteiger partial charge in [0.25, 0.3) is 0 Å². The van der Waals surface area contributed by atoms with Crippen LogP contribution in [0.25, 0.3) is 0 Å². The highest BCUT2D eigenvalue weighted by atomic mass is 16.3. The molecule has 296 valence electrons. The van der Waals surface area contributed by atoms with E-state index in [0.717, 1.165) is 88.2 Å². The number of aliphatic hydroxyl groups excluding tert-OH is 4. The Morgan fingerprint density at radius 3 is 0.962 bits per heavy atom. The summed E-state index contributed by atoms with van der Waals surface area (Å²) in [7, 11) is 0. The molecule has 0 aromatic rings. The first-order valence-corrected chi connectivity index (χ1v) is 19.9. The lowest BCUT2D eigenvalue weighted by Crippen LogP contribution is -2.17. The molecular formula is C48H80O4. The van der Waals surface area contributed by atoms with Crippen LogP contribution in [0.15, 0.2) is 95.2 Å². The molecule has 4 rings (SSSR count). The smallest absolute Gasteiger partial charge is 0.0787 e. The van der Waals surface area contributed by atoms with Gasteiger partial charge in [-0.15, -0.1) is 0 Å². The lowest BCUT2D eigenvalue weighted by molar-refractivity contribution is 0.157. The highest BCUT2D eigenvalue weighted by Gasteiger charge is 2.23. The van der Waals surface area contributed by atoms with Crippen LogP contribution in [0.2, 0.25) is 0 Å². The molecule has 0 bridgehead atoms. The second kappa shape index (κ2) is 20.4. The molecule has 0 spiro atoms. The molecule has 0 aromatic heterocycles. The Morgan fingerprint density at radius 1 is 0.423 bits per heavy atom. The average Bonchev–Trinajstić information content (AvgIpc) is 2.96. The first-order chi connectivity index (χ1) is 23.6. The number of hydrogen-bond acceptors (Lipinski definition) is 4. The van der Waals surface area contributed by atoms with Crippen LogP contribution in [0.1, 0.15) is 160 Å². The Hall–Kier alpha value is -2.24. The van der Waals surface area contributed by atoms with Crippen molar-refractivity contribution in [1.82, 2.24) is 0 Å². The van der Waals surface area contributed by atoms with E-state index in [1.165, 1.54) is 33.4 Å². The van der Waals surface area contributed by atoms with Gasteiger partial charge in [-0.25, -0.2) is 0 Å². The SMILES string of the molecule is C=C1C(=CC(C)(C)C)CCCC1O.C=C1C(=CC(C)(C)C)CCCC1O.C=C1CCC(O)CC1=CC(C)(C)C.C=C1CCC(O)CC1=CC(C)(C)C. The zero-order valence-corrected chi connectivity index (χ0v) is 35.7. The normalized spacial score (nSPS) is 28.2. The number of allylic oxidation sites excluding steroid dienone is 6. The van der Waals surface area contributed by atoms with Gasteiger partial charge in [-0.05, 0) is 132 Å². The van der Waals surface area contributed by atoms with Crippen LogP contribution in [0.4, 0.5) is 0 Å². The zero-order chi connectivity index (χ0) is 40.2. The fourth-order valence-corrected chi connectivity index (χ4v) is 6.82. The van der Waals surface area contributed by atoms with Crippen molar-refractivity contribution in [2.24, 2.45) is 21.7 Å². The largest absolute Gasteiger partial charge is 0.393 e. The predicted octanol–water partition coefficient (Wildman–Crippen LogP) is 12.2. The molecule has 4 heteroatoms. The highest BCUT2D eigenvalue weighted by molar-refractivity contribution is 5.36. The fourth-order valence-electron chi connectivity index (χ4n) is 6.82. The summed E-state index contributed by atoms with van der Waals surface area (Å²) in [6, 6.07) is 0. The Labute approximate surface area is 321 Å². The van der Waals surface area contributed by atoms with Crippen molar-refractivity contribution < 1.29 is 20.4 Å². The van der Waals surface area contributed by atoms with Gasteiger partial charge < -0.3 is 20.4 Å². The van der Waals surface area contributed by atoms with Crippen molar-refractivity contribution in [1.29, 1.82) is 0 Å². The Morgan fingerprint density at radius 2 is 0.692 bits per heavy atom. The molecular weight excluding hydrogens is 641 g/mol. The molecule has 52 heavy (non-hydrogen) atoms. The van der Waals surface area contributed by atoms with Crippen molar-refractivity contribution in [2.45, 2.75) is 185 Å². The standard InChI is InChI=1S/4C12H20O/c2*1-9-5-6-11(13)7-10(9)8-12(2,3)4;2*1-9-10(8-12(2,3)4)6-5-7-11(9)13/h4*8,11,13H,1,5-7H2,2-4H3. The summed E-state index contributed by atoms with van der Waals surface area (Å²) in [5.74, 6) is 0. The molecule has 4 aliphatic rings. The van der Waals surface area contributed by atoms with E-state index in [1.807, 2.05) is 0 Å². The predicted molar refractivity (Wildman–Crippen MR) is 226 cm³/mol. The van der Waals surface area contributed by atoms with E-state index in [-0.39, 0.29) is 46.1 Å². The van der Waals surface area contributed by atoms with Crippen LogP contribution >= 0.6 is 0 Å². The molecule has 4 atom stereocenters. The number of aliphatic hydroxyl groups is 4. The van der Waals surface area contributed by atoms with Crippen molar-refractivity contribution in [3.63, 3.8) is 0 Å². The third-order valence-corrected chi connectivity index (χ3v) is 9.28. The molecule has 0 radical (unpaired) electrons. The van der Waals surface area contributed by atoms with E-state index in [1.54, 1.807) is 0 Å². The highest BCUT2D eigenvalue weighted by Crippen LogP contribution is 2.34. The Kier molecular flexibility index (Phi) is 18.8.